The van der Waals surface area contributed by atoms with Crippen molar-refractivity contribution >= 4 is 32.7 Å². The Balaban J connectivity index is 1.57. The van der Waals surface area contributed by atoms with Gasteiger partial charge in [0.1, 0.15) is 5.75 Å². The Morgan fingerprint density at radius 2 is 1.66 bits per heavy atom. The van der Waals surface area contributed by atoms with Crippen molar-refractivity contribution in [2.75, 3.05) is 13.7 Å². The molecule has 1 heterocycles. The molecule has 0 radical (unpaired) electrons. The van der Waals surface area contributed by atoms with Crippen LogP contribution in [0.3, 0.4) is 0 Å². The maximum atomic E-state index is 12.9. The molecule has 12 heteroatoms. The highest BCUT2D eigenvalue weighted by Gasteiger charge is 2.30. The summed E-state index contributed by atoms with van der Waals surface area (Å²) >= 11 is 0. The number of ether oxygens (including phenoxy) is 1. The van der Waals surface area contributed by atoms with E-state index in [9.17, 15) is 31.2 Å². The largest absolute Gasteiger partial charge is 0.496 e. The van der Waals surface area contributed by atoms with Gasteiger partial charge >= 0.3 is 6.18 Å². The van der Waals surface area contributed by atoms with Crippen molar-refractivity contribution in [2.45, 2.75) is 51.2 Å². The van der Waals surface area contributed by atoms with Crippen LogP contribution in [0.5, 0.6) is 5.75 Å². The van der Waals surface area contributed by atoms with Crippen molar-refractivity contribution in [3.8, 4) is 5.75 Å². The van der Waals surface area contributed by atoms with E-state index in [1.54, 1.807) is 49.4 Å². The number of rotatable bonds is 11. The van der Waals surface area contributed by atoms with Gasteiger partial charge in [-0.1, -0.05) is 31.2 Å². The first kappa shape index (κ1) is 32.6. The van der Waals surface area contributed by atoms with E-state index in [-0.39, 0.29) is 17.0 Å². The Morgan fingerprint density at radius 1 is 0.977 bits per heavy atom. The average Bonchev–Trinajstić information content (AvgIpc) is 3.31. The third kappa shape index (κ3) is 7.60. The molecule has 1 aromatic heterocycles. The molecule has 0 aliphatic carbocycles. The van der Waals surface area contributed by atoms with E-state index >= 15 is 0 Å². The van der Waals surface area contributed by atoms with E-state index in [1.165, 1.54) is 32.2 Å². The molecule has 0 saturated carbocycles. The van der Waals surface area contributed by atoms with Gasteiger partial charge < -0.3 is 14.6 Å². The fraction of sp³-hybridized carbons (Fsp3) is 0.312. The number of nitrogens with zero attached hydrogens (tertiary/aromatic N) is 1. The summed E-state index contributed by atoms with van der Waals surface area (Å²) in [5, 5.41) is 3.38. The van der Waals surface area contributed by atoms with Gasteiger partial charge in [-0.25, -0.2) is 13.1 Å². The summed E-state index contributed by atoms with van der Waals surface area (Å²) in [4.78, 5) is 25.7. The van der Waals surface area contributed by atoms with Crippen LogP contribution in [0, 0.1) is 12.8 Å². The van der Waals surface area contributed by atoms with Gasteiger partial charge in [0, 0.05) is 54.2 Å². The maximum Gasteiger partial charge on any atom is 0.389 e. The van der Waals surface area contributed by atoms with Crippen LogP contribution in [0.2, 0.25) is 0 Å². The van der Waals surface area contributed by atoms with E-state index in [0.717, 1.165) is 22.0 Å². The third-order valence-corrected chi connectivity index (χ3v) is 8.79. The number of carbonyl (C=O) groups is 2. The minimum atomic E-state index is -4.30. The minimum Gasteiger partial charge on any atom is -0.496 e. The van der Waals surface area contributed by atoms with Crippen molar-refractivity contribution < 1.29 is 35.9 Å². The number of aromatic nitrogens is 1. The molecule has 2 amide bonds. The van der Waals surface area contributed by atoms with Crippen molar-refractivity contribution in [1.82, 2.24) is 14.6 Å². The Morgan fingerprint density at radius 3 is 2.32 bits per heavy atom. The van der Waals surface area contributed by atoms with Crippen molar-refractivity contribution in [3.63, 3.8) is 0 Å². The molecule has 2 N–H and O–H groups in total. The van der Waals surface area contributed by atoms with Gasteiger partial charge in [-0.05, 0) is 72.9 Å². The summed E-state index contributed by atoms with van der Waals surface area (Å²) in [6.45, 7) is 5.60. The lowest BCUT2D eigenvalue weighted by atomic mass is 10.0. The number of carbonyl (C=O) groups excluding carboxylic acids is 2. The number of amides is 2. The highest BCUT2D eigenvalue weighted by atomic mass is 32.2. The van der Waals surface area contributed by atoms with Gasteiger partial charge in [0.15, 0.2) is 0 Å². The second-order valence-corrected chi connectivity index (χ2v) is 12.4. The second kappa shape index (κ2) is 13.1. The summed E-state index contributed by atoms with van der Waals surface area (Å²) in [7, 11) is -2.65. The van der Waals surface area contributed by atoms with Gasteiger partial charge in [-0.3, -0.25) is 9.59 Å². The number of aryl methyl sites for hydroxylation is 2. The zero-order valence-corrected chi connectivity index (χ0v) is 25.6. The zero-order chi connectivity index (χ0) is 32.2. The highest BCUT2D eigenvalue weighted by Crippen LogP contribution is 2.30. The number of hydrogen-bond acceptors (Lipinski definition) is 5. The molecule has 0 aliphatic heterocycles. The van der Waals surface area contributed by atoms with Crippen LogP contribution in [0.25, 0.3) is 10.9 Å². The fourth-order valence-corrected chi connectivity index (χ4v) is 6.30. The predicted octanol–water partition coefficient (Wildman–Crippen LogP) is 6.01. The Kier molecular flexibility index (Phi) is 9.72. The molecule has 44 heavy (non-hydrogen) atoms. The standard InChI is InChI=1S/C32H34F3N3O5S/c1-5-38-19-25(26-15-23(12-13-27(26)38)30(39)36-18-20(2)17-32(33,34)35)14-22-10-11-24(16-28(22)43-4)31(40)37-44(41,42)29-9-7-6-8-21(29)3/h6-13,15-16,19-20H,5,14,17-18H2,1-4H3,(H,36,39)(H,37,40)/t20-/m0/s1. The molecule has 8 nitrogen and oxygen atoms in total. The molecule has 1 atom stereocenters. The minimum absolute atomic E-state index is 0.00752. The highest BCUT2D eigenvalue weighted by molar-refractivity contribution is 7.90. The van der Waals surface area contributed by atoms with Gasteiger partial charge in [0.05, 0.1) is 12.0 Å². The molecule has 0 spiro atoms. The topological polar surface area (TPSA) is 106 Å². The first-order valence-corrected chi connectivity index (χ1v) is 15.5. The molecule has 0 aliphatic rings. The second-order valence-electron chi connectivity index (χ2n) is 10.7. The summed E-state index contributed by atoms with van der Waals surface area (Å²) in [6, 6.07) is 16.2. The van der Waals surface area contributed by atoms with Crippen LogP contribution in [0.1, 0.15) is 57.7 Å². The van der Waals surface area contributed by atoms with Crippen LogP contribution >= 0.6 is 0 Å². The normalized spacial score (nSPS) is 12.6. The number of benzene rings is 3. The van der Waals surface area contributed by atoms with E-state index in [4.69, 9.17) is 4.74 Å². The van der Waals surface area contributed by atoms with Gasteiger partial charge in [-0.15, -0.1) is 0 Å². The fourth-order valence-electron chi connectivity index (χ4n) is 5.08. The molecule has 4 rings (SSSR count). The number of nitrogens with one attached hydrogen (secondary N) is 2. The maximum absolute atomic E-state index is 12.9. The third-order valence-electron chi connectivity index (χ3n) is 7.30. The lowest BCUT2D eigenvalue weighted by Crippen LogP contribution is -2.31. The van der Waals surface area contributed by atoms with E-state index in [1.807, 2.05) is 17.7 Å². The molecule has 3 aromatic carbocycles. The lowest BCUT2D eigenvalue weighted by molar-refractivity contribution is -0.142. The molecule has 234 valence electrons. The van der Waals surface area contributed by atoms with Crippen molar-refractivity contribution in [1.29, 1.82) is 0 Å². The average molecular weight is 630 g/mol. The summed E-state index contributed by atoms with van der Waals surface area (Å²) in [5.41, 5.74) is 3.37. The summed E-state index contributed by atoms with van der Waals surface area (Å²) < 4.78 is 73.4. The van der Waals surface area contributed by atoms with Crippen LogP contribution in [-0.2, 0) is 23.0 Å². The molecule has 0 saturated heterocycles. The number of sulfonamides is 1. The Hall–Kier alpha value is -4.32. The Labute approximate surface area is 254 Å². The van der Waals surface area contributed by atoms with Crippen molar-refractivity contribution in [2.24, 2.45) is 5.92 Å². The number of methoxy groups -OCH3 is 1. The molecule has 0 unspecified atom stereocenters. The van der Waals surface area contributed by atoms with Gasteiger partial charge in [0.25, 0.3) is 21.8 Å². The number of hydrogen-bond donors (Lipinski definition) is 2. The summed E-state index contributed by atoms with van der Waals surface area (Å²) in [6.07, 6.45) is -2.97. The predicted molar refractivity (Wildman–Crippen MR) is 161 cm³/mol. The molecule has 0 bridgehead atoms. The van der Waals surface area contributed by atoms with Crippen LogP contribution in [0.15, 0.2) is 71.8 Å². The SMILES string of the molecule is CCn1cc(Cc2ccc(C(=O)NS(=O)(=O)c3ccccc3C)cc2OC)c2cc(C(=O)NC[C@@H](C)CC(F)(F)F)ccc21. The first-order chi connectivity index (χ1) is 20.7. The lowest BCUT2D eigenvalue weighted by Gasteiger charge is -2.15. The molecular weight excluding hydrogens is 595 g/mol. The van der Waals surface area contributed by atoms with Crippen LogP contribution in [0.4, 0.5) is 13.2 Å². The zero-order valence-electron chi connectivity index (χ0n) is 24.8. The van der Waals surface area contributed by atoms with Crippen LogP contribution < -0.4 is 14.8 Å². The summed E-state index contributed by atoms with van der Waals surface area (Å²) in [5.74, 6) is -1.67. The number of fused-ring (bicyclic) bond motifs is 1. The molecular formula is C32H34F3N3O5S. The molecule has 0 fully saturated rings. The smallest absolute Gasteiger partial charge is 0.389 e. The van der Waals surface area contributed by atoms with E-state index < -0.39 is 40.4 Å². The molecule has 4 aromatic rings. The Bertz CT molecular complexity index is 1800. The number of alkyl halides is 3. The first-order valence-electron chi connectivity index (χ1n) is 14.0. The van der Waals surface area contributed by atoms with E-state index in [2.05, 4.69) is 10.0 Å². The van der Waals surface area contributed by atoms with E-state index in [0.29, 0.717) is 29.8 Å². The van der Waals surface area contributed by atoms with Crippen molar-refractivity contribution in [3.05, 3.63) is 94.7 Å². The van der Waals surface area contributed by atoms with Gasteiger partial charge in [-0.2, -0.15) is 13.2 Å². The van der Waals surface area contributed by atoms with Crippen LogP contribution in [-0.4, -0.2) is 44.6 Å². The quantitative estimate of drug-likeness (QED) is 0.212. The number of halogens is 3. The monoisotopic (exact) mass is 629 g/mol. The van der Waals surface area contributed by atoms with Gasteiger partial charge in [0.2, 0.25) is 0 Å².